The minimum Gasteiger partial charge on any atom is -0.459 e. The lowest BCUT2D eigenvalue weighted by molar-refractivity contribution is 0.462. The maximum atomic E-state index is 14.0. The van der Waals surface area contributed by atoms with Crippen molar-refractivity contribution >= 4 is 22.6 Å². The molecule has 0 aliphatic rings. The summed E-state index contributed by atoms with van der Waals surface area (Å²) < 4.78 is 19.7. The summed E-state index contributed by atoms with van der Waals surface area (Å²) >= 11 is 5.76. The fourth-order valence-electron chi connectivity index (χ4n) is 2.21. The summed E-state index contributed by atoms with van der Waals surface area (Å²) in [7, 11) is 0. The van der Waals surface area contributed by atoms with E-state index >= 15 is 0 Å². The van der Waals surface area contributed by atoms with Crippen molar-refractivity contribution in [3.05, 3.63) is 70.7 Å². The Balaban J connectivity index is 2.08. The molecule has 1 aromatic heterocycles. The van der Waals surface area contributed by atoms with Crippen molar-refractivity contribution in [2.75, 3.05) is 0 Å². The lowest BCUT2D eigenvalue weighted by Gasteiger charge is -2.14. The Bertz CT molecular complexity index is 723. The first kappa shape index (κ1) is 13.1. The molecule has 1 unspecified atom stereocenters. The van der Waals surface area contributed by atoms with Gasteiger partial charge in [-0.1, -0.05) is 35.9 Å². The second-order valence-electron chi connectivity index (χ2n) is 4.45. The lowest BCUT2D eigenvalue weighted by atomic mass is 10.0. The maximum Gasteiger partial charge on any atom is 0.134 e. The normalized spacial score (nSPS) is 12.8. The lowest BCUT2D eigenvalue weighted by Crippen LogP contribution is -2.29. The Labute approximate surface area is 120 Å². The molecular formula is C15H12ClFN2O. The number of benzene rings is 2. The number of para-hydroxylation sites is 1. The number of nitrogens with one attached hydrogen (secondary N) is 1. The standard InChI is InChI=1S/C15H12ClFN2O/c16-10-5-6-11(12(17)8-10)15(19-18)14-7-9-3-1-2-4-13(9)20-14/h1-8,15,19H,18H2. The van der Waals surface area contributed by atoms with Crippen LogP contribution < -0.4 is 11.3 Å². The summed E-state index contributed by atoms with van der Waals surface area (Å²) in [6, 6.07) is 13.3. The van der Waals surface area contributed by atoms with Crippen molar-refractivity contribution in [3.8, 4) is 0 Å². The van der Waals surface area contributed by atoms with Crippen LogP contribution >= 0.6 is 11.6 Å². The first-order chi connectivity index (χ1) is 9.69. The third-order valence-electron chi connectivity index (χ3n) is 3.17. The van der Waals surface area contributed by atoms with Crippen LogP contribution in [0.1, 0.15) is 17.4 Å². The molecule has 0 aliphatic heterocycles. The van der Waals surface area contributed by atoms with Crippen LogP contribution in [0.15, 0.2) is 52.9 Å². The van der Waals surface area contributed by atoms with E-state index in [4.69, 9.17) is 21.9 Å². The van der Waals surface area contributed by atoms with Crippen LogP contribution in [0, 0.1) is 5.82 Å². The highest BCUT2D eigenvalue weighted by Gasteiger charge is 2.20. The summed E-state index contributed by atoms with van der Waals surface area (Å²) in [5.41, 5.74) is 3.70. The molecule has 3 rings (SSSR count). The van der Waals surface area contributed by atoms with Crippen molar-refractivity contribution in [2.24, 2.45) is 5.84 Å². The Morgan fingerprint density at radius 3 is 2.65 bits per heavy atom. The summed E-state index contributed by atoms with van der Waals surface area (Å²) in [4.78, 5) is 0. The minimum atomic E-state index is -0.570. The van der Waals surface area contributed by atoms with Crippen molar-refractivity contribution in [1.82, 2.24) is 5.43 Å². The van der Waals surface area contributed by atoms with Gasteiger partial charge in [-0.05, 0) is 24.3 Å². The van der Waals surface area contributed by atoms with E-state index in [-0.39, 0.29) is 0 Å². The maximum absolute atomic E-state index is 14.0. The summed E-state index contributed by atoms with van der Waals surface area (Å²) in [6.07, 6.45) is 0. The number of halogens is 2. The first-order valence-electron chi connectivity index (χ1n) is 6.08. The van der Waals surface area contributed by atoms with Gasteiger partial charge in [-0.15, -0.1) is 0 Å². The van der Waals surface area contributed by atoms with Crippen LogP contribution in [0.3, 0.4) is 0 Å². The van der Waals surface area contributed by atoms with Gasteiger partial charge < -0.3 is 4.42 Å². The Morgan fingerprint density at radius 2 is 1.95 bits per heavy atom. The molecule has 0 fully saturated rings. The van der Waals surface area contributed by atoms with Gasteiger partial charge in [0, 0.05) is 16.0 Å². The number of hydrazine groups is 1. The molecule has 0 aliphatic carbocycles. The van der Waals surface area contributed by atoms with Crippen LogP contribution in [0.2, 0.25) is 5.02 Å². The van der Waals surface area contributed by atoms with E-state index in [2.05, 4.69) is 5.43 Å². The molecule has 0 amide bonds. The minimum absolute atomic E-state index is 0.339. The molecule has 20 heavy (non-hydrogen) atoms. The van der Waals surface area contributed by atoms with Crippen LogP contribution in [0.4, 0.5) is 4.39 Å². The number of hydrogen-bond donors (Lipinski definition) is 2. The van der Waals surface area contributed by atoms with Gasteiger partial charge in [0.25, 0.3) is 0 Å². The fraction of sp³-hybridized carbons (Fsp3) is 0.0667. The van der Waals surface area contributed by atoms with E-state index in [9.17, 15) is 4.39 Å². The Morgan fingerprint density at radius 1 is 1.15 bits per heavy atom. The average molecular weight is 291 g/mol. The van der Waals surface area contributed by atoms with Gasteiger partial charge in [0.1, 0.15) is 23.2 Å². The highest BCUT2D eigenvalue weighted by molar-refractivity contribution is 6.30. The van der Waals surface area contributed by atoms with Gasteiger partial charge in [0.2, 0.25) is 0 Å². The van der Waals surface area contributed by atoms with E-state index in [0.717, 1.165) is 11.0 Å². The third kappa shape index (κ3) is 2.29. The van der Waals surface area contributed by atoms with Crippen molar-refractivity contribution in [2.45, 2.75) is 6.04 Å². The molecule has 3 aromatic rings. The topological polar surface area (TPSA) is 51.2 Å². The molecular weight excluding hydrogens is 279 g/mol. The van der Waals surface area contributed by atoms with Gasteiger partial charge in [-0.2, -0.15) is 0 Å². The number of fused-ring (bicyclic) bond motifs is 1. The van der Waals surface area contributed by atoms with Crippen molar-refractivity contribution < 1.29 is 8.81 Å². The van der Waals surface area contributed by atoms with Crippen LogP contribution in [0.5, 0.6) is 0 Å². The zero-order valence-corrected chi connectivity index (χ0v) is 11.2. The second-order valence-corrected chi connectivity index (χ2v) is 4.89. The van der Waals surface area contributed by atoms with Crippen molar-refractivity contribution in [3.63, 3.8) is 0 Å². The predicted molar refractivity (Wildman–Crippen MR) is 76.8 cm³/mol. The van der Waals surface area contributed by atoms with E-state index in [1.54, 1.807) is 12.1 Å². The highest BCUT2D eigenvalue weighted by atomic mass is 35.5. The molecule has 3 N–H and O–H groups in total. The zero-order chi connectivity index (χ0) is 14.1. The largest absolute Gasteiger partial charge is 0.459 e. The van der Waals surface area contributed by atoms with E-state index in [1.165, 1.54) is 6.07 Å². The highest BCUT2D eigenvalue weighted by Crippen LogP contribution is 2.30. The fourth-order valence-corrected chi connectivity index (χ4v) is 2.36. The number of furan rings is 1. The third-order valence-corrected chi connectivity index (χ3v) is 3.40. The molecule has 1 atom stereocenters. The van der Waals surface area contributed by atoms with Gasteiger partial charge in [-0.3, -0.25) is 5.84 Å². The molecule has 0 spiro atoms. The van der Waals surface area contributed by atoms with Gasteiger partial charge in [0.05, 0.1) is 0 Å². The smallest absolute Gasteiger partial charge is 0.134 e. The predicted octanol–water partition coefficient (Wildman–Crippen LogP) is 3.78. The molecule has 1 heterocycles. The first-order valence-corrected chi connectivity index (χ1v) is 6.46. The number of rotatable bonds is 3. The van der Waals surface area contributed by atoms with E-state index in [1.807, 2.05) is 30.3 Å². The average Bonchev–Trinajstić information content (AvgIpc) is 2.85. The number of nitrogens with two attached hydrogens (primary N) is 1. The van der Waals surface area contributed by atoms with Crippen LogP contribution in [-0.4, -0.2) is 0 Å². The number of hydrogen-bond acceptors (Lipinski definition) is 3. The summed E-state index contributed by atoms with van der Waals surface area (Å²) in [6.45, 7) is 0. The zero-order valence-electron chi connectivity index (χ0n) is 10.4. The second kappa shape index (κ2) is 5.25. The molecule has 0 radical (unpaired) electrons. The molecule has 2 aromatic carbocycles. The van der Waals surface area contributed by atoms with Crippen LogP contribution in [0.25, 0.3) is 11.0 Å². The molecule has 102 valence electrons. The quantitative estimate of drug-likeness (QED) is 0.570. The van der Waals surface area contributed by atoms with Crippen molar-refractivity contribution in [1.29, 1.82) is 0 Å². The van der Waals surface area contributed by atoms with Gasteiger partial charge in [0.15, 0.2) is 0 Å². The van der Waals surface area contributed by atoms with E-state index < -0.39 is 11.9 Å². The monoisotopic (exact) mass is 290 g/mol. The molecule has 0 saturated heterocycles. The summed E-state index contributed by atoms with van der Waals surface area (Å²) in [5.74, 6) is 5.68. The molecule has 0 saturated carbocycles. The van der Waals surface area contributed by atoms with Crippen LogP contribution in [-0.2, 0) is 0 Å². The molecule has 5 heteroatoms. The Hall–Kier alpha value is -1.88. The molecule has 0 bridgehead atoms. The SMILES string of the molecule is NNC(c1cc2ccccc2o1)c1ccc(Cl)cc1F. The summed E-state index contributed by atoms with van der Waals surface area (Å²) in [5, 5.41) is 1.28. The van der Waals surface area contributed by atoms with Gasteiger partial charge >= 0.3 is 0 Å². The van der Waals surface area contributed by atoms with E-state index in [0.29, 0.717) is 16.3 Å². The Kier molecular flexibility index (Phi) is 3.44. The molecule has 3 nitrogen and oxygen atoms in total. The van der Waals surface area contributed by atoms with Gasteiger partial charge in [-0.25, -0.2) is 9.82 Å².